The molecule has 0 fully saturated rings. The van der Waals surface area contributed by atoms with E-state index in [-0.39, 0.29) is 0 Å². The number of benzene rings is 1. The summed E-state index contributed by atoms with van der Waals surface area (Å²) in [7, 11) is 0. The molecule has 1 aromatic heterocycles. The van der Waals surface area contributed by atoms with Crippen LogP contribution in [-0.4, -0.2) is 4.98 Å². The Kier molecular flexibility index (Phi) is 3.60. The van der Waals surface area contributed by atoms with Gasteiger partial charge in [-0.25, -0.2) is 4.98 Å². The fraction of sp³-hybridized carbons (Fsp3) is 0. The van der Waals surface area contributed by atoms with Crippen molar-refractivity contribution in [2.45, 2.75) is 0 Å². The third kappa shape index (κ3) is 2.44. The largest absolute Gasteiger partial charge is 0.234 e. The van der Waals surface area contributed by atoms with Gasteiger partial charge in [-0.3, -0.25) is 0 Å². The molecule has 0 aliphatic rings. The maximum atomic E-state index is 6.05. The molecule has 0 saturated carbocycles. The molecule has 1 nitrogen and oxygen atoms in total. The van der Waals surface area contributed by atoms with Crippen LogP contribution in [0.25, 0.3) is 11.3 Å². The normalized spacial score (nSPS) is 10.5. The van der Waals surface area contributed by atoms with Gasteiger partial charge < -0.3 is 0 Å². The predicted molar refractivity (Wildman–Crippen MR) is 69.7 cm³/mol. The number of pyridine rings is 1. The zero-order valence-electron chi connectivity index (χ0n) is 7.85. The molecule has 0 unspecified atom stereocenters. The molecule has 0 aliphatic carbocycles. The first kappa shape index (κ1) is 12.0. The number of halogens is 4. The summed E-state index contributed by atoms with van der Waals surface area (Å²) in [6.07, 6.45) is 0. The monoisotopic (exact) mass is 291 g/mol. The Balaban J connectivity index is 2.59. The van der Waals surface area contributed by atoms with Gasteiger partial charge in [0, 0.05) is 10.6 Å². The van der Waals surface area contributed by atoms with Crippen molar-refractivity contribution < 1.29 is 0 Å². The fourth-order valence-electron chi connectivity index (χ4n) is 1.27. The van der Waals surface area contributed by atoms with Gasteiger partial charge >= 0.3 is 0 Å². The minimum absolute atomic E-state index is 0.305. The van der Waals surface area contributed by atoms with Crippen molar-refractivity contribution in [3.63, 3.8) is 0 Å². The van der Waals surface area contributed by atoms with Crippen LogP contribution in [-0.2, 0) is 0 Å². The third-order valence-electron chi connectivity index (χ3n) is 2.00. The standard InChI is InChI=1S/C11H5Cl4N/c12-7-3-1-6(2-4-7)11-10(15)8(13)5-9(14)16-11/h1-5H. The Bertz CT molecular complexity index is 522. The molecule has 0 radical (unpaired) electrons. The maximum Gasteiger partial charge on any atom is 0.131 e. The smallest absolute Gasteiger partial charge is 0.131 e. The lowest BCUT2D eigenvalue weighted by atomic mass is 10.1. The zero-order valence-corrected chi connectivity index (χ0v) is 10.9. The van der Waals surface area contributed by atoms with E-state index in [9.17, 15) is 0 Å². The summed E-state index contributed by atoms with van der Waals surface area (Å²) < 4.78 is 0. The first-order valence-electron chi connectivity index (χ1n) is 4.35. The number of hydrogen-bond donors (Lipinski definition) is 0. The average Bonchev–Trinajstić information content (AvgIpc) is 2.25. The van der Waals surface area contributed by atoms with E-state index >= 15 is 0 Å². The molecule has 1 aromatic carbocycles. The van der Waals surface area contributed by atoms with Gasteiger partial charge in [-0.2, -0.15) is 0 Å². The number of rotatable bonds is 1. The fourth-order valence-corrected chi connectivity index (χ4v) is 2.04. The topological polar surface area (TPSA) is 12.9 Å². The molecular formula is C11H5Cl4N. The first-order valence-corrected chi connectivity index (χ1v) is 5.86. The lowest BCUT2D eigenvalue weighted by molar-refractivity contribution is 1.32. The van der Waals surface area contributed by atoms with Crippen molar-refractivity contribution in [1.82, 2.24) is 4.98 Å². The van der Waals surface area contributed by atoms with Crippen LogP contribution in [0.1, 0.15) is 0 Å². The second-order valence-electron chi connectivity index (χ2n) is 3.10. The highest BCUT2D eigenvalue weighted by atomic mass is 35.5. The van der Waals surface area contributed by atoms with Gasteiger partial charge in [0.2, 0.25) is 0 Å². The molecule has 0 amide bonds. The van der Waals surface area contributed by atoms with E-state index in [1.165, 1.54) is 6.07 Å². The molecule has 2 aromatic rings. The number of aromatic nitrogens is 1. The van der Waals surface area contributed by atoms with E-state index in [0.29, 0.717) is 25.9 Å². The zero-order chi connectivity index (χ0) is 11.7. The van der Waals surface area contributed by atoms with E-state index in [4.69, 9.17) is 46.4 Å². The summed E-state index contributed by atoms with van der Waals surface area (Å²) in [6.45, 7) is 0. The Hall–Kier alpha value is -0.470. The molecule has 0 aliphatic heterocycles. The van der Waals surface area contributed by atoms with E-state index in [1.54, 1.807) is 12.1 Å². The minimum Gasteiger partial charge on any atom is -0.234 e. The number of hydrogen-bond acceptors (Lipinski definition) is 1. The van der Waals surface area contributed by atoms with Crippen LogP contribution in [0.5, 0.6) is 0 Å². The second-order valence-corrected chi connectivity index (χ2v) is 4.71. The van der Waals surface area contributed by atoms with Crippen LogP contribution in [0.3, 0.4) is 0 Å². The molecular weight excluding hydrogens is 288 g/mol. The van der Waals surface area contributed by atoms with Gasteiger partial charge in [0.1, 0.15) is 5.15 Å². The summed E-state index contributed by atoms with van der Waals surface area (Å²) in [4.78, 5) is 4.14. The van der Waals surface area contributed by atoms with Crippen LogP contribution in [0.4, 0.5) is 0 Å². The van der Waals surface area contributed by atoms with Crippen molar-refractivity contribution in [2.75, 3.05) is 0 Å². The highest BCUT2D eigenvalue weighted by Crippen LogP contribution is 2.34. The van der Waals surface area contributed by atoms with Gasteiger partial charge in [-0.05, 0) is 18.2 Å². The Morgan fingerprint density at radius 3 is 2.12 bits per heavy atom. The molecule has 2 rings (SSSR count). The summed E-state index contributed by atoms with van der Waals surface area (Å²) in [5.41, 5.74) is 1.37. The highest BCUT2D eigenvalue weighted by molar-refractivity contribution is 6.44. The summed E-state index contributed by atoms with van der Waals surface area (Å²) in [6, 6.07) is 8.63. The van der Waals surface area contributed by atoms with Crippen molar-refractivity contribution in [3.8, 4) is 11.3 Å². The highest BCUT2D eigenvalue weighted by Gasteiger charge is 2.10. The molecule has 16 heavy (non-hydrogen) atoms. The summed E-state index contributed by atoms with van der Waals surface area (Å²) in [5.74, 6) is 0. The van der Waals surface area contributed by atoms with E-state index < -0.39 is 0 Å². The number of nitrogens with zero attached hydrogens (tertiary/aromatic N) is 1. The molecule has 0 N–H and O–H groups in total. The van der Waals surface area contributed by atoms with E-state index in [0.717, 1.165) is 5.56 Å². The molecule has 0 spiro atoms. The molecule has 0 saturated heterocycles. The summed E-state index contributed by atoms with van der Waals surface area (Å²) >= 11 is 23.6. The average molecular weight is 293 g/mol. The van der Waals surface area contributed by atoms with Crippen molar-refractivity contribution in [3.05, 3.63) is 50.6 Å². The molecule has 0 atom stereocenters. The van der Waals surface area contributed by atoms with Crippen molar-refractivity contribution in [1.29, 1.82) is 0 Å². The first-order chi connectivity index (χ1) is 7.58. The lowest BCUT2D eigenvalue weighted by Crippen LogP contribution is -1.87. The van der Waals surface area contributed by atoms with Crippen LogP contribution in [0.15, 0.2) is 30.3 Å². The predicted octanol–water partition coefficient (Wildman–Crippen LogP) is 5.36. The van der Waals surface area contributed by atoms with Crippen molar-refractivity contribution >= 4 is 46.4 Å². The van der Waals surface area contributed by atoms with Crippen LogP contribution < -0.4 is 0 Å². The third-order valence-corrected chi connectivity index (χ3v) is 3.22. The summed E-state index contributed by atoms with van der Waals surface area (Å²) in [5, 5.41) is 1.72. The lowest BCUT2D eigenvalue weighted by Gasteiger charge is -2.06. The van der Waals surface area contributed by atoms with Gasteiger partial charge in [-0.15, -0.1) is 0 Å². The van der Waals surface area contributed by atoms with Gasteiger partial charge in [0.25, 0.3) is 0 Å². The Labute approximate surface area is 113 Å². The Morgan fingerprint density at radius 1 is 0.875 bits per heavy atom. The molecule has 1 heterocycles. The SMILES string of the molecule is Clc1ccc(-c2nc(Cl)cc(Cl)c2Cl)cc1. The van der Waals surface area contributed by atoms with Crippen LogP contribution in [0, 0.1) is 0 Å². The molecule has 82 valence electrons. The van der Waals surface area contributed by atoms with Gasteiger partial charge in [0.15, 0.2) is 0 Å². The Morgan fingerprint density at radius 2 is 1.50 bits per heavy atom. The quantitative estimate of drug-likeness (QED) is 0.645. The minimum atomic E-state index is 0.305. The van der Waals surface area contributed by atoms with Crippen LogP contribution >= 0.6 is 46.4 Å². The van der Waals surface area contributed by atoms with Gasteiger partial charge in [-0.1, -0.05) is 58.5 Å². The van der Waals surface area contributed by atoms with Crippen LogP contribution in [0.2, 0.25) is 20.2 Å². The van der Waals surface area contributed by atoms with Crippen molar-refractivity contribution in [2.24, 2.45) is 0 Å². The molecule has 0 bridgehead atoms. The van der Waals surface area contributed by atoms with Gasteiger partial charge in [0.05, 0.1) is 15.7 Å². The van der Waals surface area contributed by atoms with E-state index in [1.807, 2.05) is 12.1 Å². The maximum absolute atomic E-state index is 6.05. The second kappa shape index (κ2) is 4.80. The molecule has 5 heteroatoms. The van der Waals surface area contributed by atoms with E-state index in [2.05, 4.69) is 4.98 Å².